The minimum Gasteiger partial charge on any atom is -0.381 e. The summed E-state index contributed by atoms with van der Waals surface area (Å²) in [5.74, 6) is 1.65. The van der Waals surface area contributed by atoms with Gasteiger partial charge in [-0.15, -0.1) is 0 Å². The Kier molecular flexibility index (Phi) is 4.29. The fourth-order valence-corrected chi connectivity index (χ4v) is 3.47. The summed E-state index contributed by atoms with van der Waals surface area (Å²) < 4.78 is 7.19. The zero-order chi connectivity index (χ0) is 19.1. The molecule has 2 saturated heterocycles. The lowest BCUT2D eigenvalue weighted by atomic mass is 10.1. The predicted octanol–water partition coefficient (Wildman–Crippen LogP) is 0.867. The molecule has 148 valence electrons. The number of amides is 2. The van der Waals surface area contributed by atoms with Gasteiger partial charge in [0.05, 0.1) is 11.9 Å². The van der Waals surface area contributed by atoms with Crippen LogP contribution in [0.1, 0.15) is 31.2 Å². The maximum Gasteiger partial charge on any atom is 0.321 e. The molecule has 0 bridgehead atoms. The highest BCUT2D eigenvalue weighted by molar-refractivity contribution is 5.83. The van der Waals surface area contributed by atoms with Gasteiger partial charge in [-0.2, -0.15) is 9.61 Å². The van der Waals surface area contributed by atoms with Crippen molar-refractivity contribution in [3.8, 4) is 0 Å². The Morgan fingerprint density at radius 3 is 2.71 bits per heavy atom. The Bertz CT molecular complexity index is 931. The molecule has 2 aromatic heterocycles. The fourth-order valence-electron chi connectivity index (χ4n) is 3.47. The molecular weight excluding hydrogens is 362 g/mol. The molecule has 0 spiro atoms. The maximum atomic E-state index is 11.4. The largest absolute Gasteiger partial charge is 0.381 e. The highest BCUT2D eigenvalue weighted by atomic mass is 16.5. The van der Waals surface area contributed by atoms with E-state index in [1.165, 1.54) is 0 Å². The first-order chi connectivity index (χ1) is 13.7. The molecule has 2 amide bonds. The Labute approximate surface area is 161 Å². The van der Waals surface area contributed by atoms with Gasteiger partial charge in [-0.25, -0.2) is 9.78 Å². The molecule has 3 aliphatic rings. The second-order valence-electron chi connectivity index (χ2n) is 7.41. The van der Waals surface area contributed by atoms with E-state index in [9.17, 15) is 9.90 Å². The summed E-state index contributed by atoms with van der Waals surface area (Å²) in [6.45, 7) is 1.50. The number of anilines is 2. The average molecular weight is 385 g/mol. The van der Waals surface area contributed by atoms with Gasteiger partial charge in [-0.05, 0) is 31.8 Å². The number of rotatable bonds is 5. The van der Waals surface area contributed by atoms with Gasteiger partial charge in [0.2, 0.25) is 0 Å². The van der Waals surface area contributed by atoms with Crippen LogP contribution in [0, 0.1) is 0 Å². The van der Waals surface area contributed by atoms with Crippen LogP contribution in [0.15, 0.2) is 18.0 Å². The molecule has 1 saturated carbocycles. The van der Waals surface area contributed by atoms with Gasteiger partial charge in [0.25, 0.3) is 0 Å². The number of fused-ring (bicyclic) bond motifs is 1. The van der Waals surface area contributed by atoms with Crippen molar-refractivity contribution in [1.82, 2.24) is 25.2 Å². The molecular formula is C18H23N7O3. The third-order valence-corrected chi connectivity index (χ3v) is 5.13. The van der Waals surface area contributed by atoms with Crippen LogP contribution < -0.4 is 21.3 Å². The van der Waals surface area contributed by atoms with E-state index >= 15 is 0 Å². The highest BCUT2D eigenvalue weighted by Gasteiger charge is 2.26. The van der Waals surface area contributed by atoms with Crippen molar-refractivity contribution in [3.63, 3.8) is 0 Å². The van der Waals surface area contributed by atoms with E-state index in [-0.39, 0.29) is 0 Å². The minimum atomic E-state index is -1.06. The molecule has 28 heavy (non-hydrogen) atoms. The second-order valence-corrected chi connectivity index (χ2v) is 7.41. The first-order valence-corrected chi connectivity index (χ1v) is 9.62. The van der Waals surface area contributed by atoms with Crippen LogP contribution in [-0.2, 0) is 4.74 Å². The molecule has 4 heterocycles. The number of urea groups is 1. The second kappa shape index (κ2) is 6.95. The van der Waals surface area contributed by atoms with Crippen LogP contribution in [-0.4, -0.2) is 57.3 Å². The van der Waals surface area contributed by atoms with E-state index in [1.54, 1.807) is 16.8 Å². The Hall–Kier alpha value is -2.85. The molecule has 0 radical (unpaired) electrons. The zero-order valence-corrected chi connectivity index (χ0v) is 15.3. The summed E-state index contributed by atoms with van der Waals surface area (Å²) in [6.07, 6.45) is 6.50. The van der Waals surface area contributed by atoms with Crippen molar-refractivity contribution in [1.29, 1.82) is 0 Å². The quantitative estimate of drug-likeness (QED) is 0.517. The predicted molar refractivity (Wildman–Crippen MR) is 103 cm³/mol. The lowest BCUT2D eigenvalue weighted by Gasteiger charge is -2.24. The van der Waals surface area contributed by atoms with Crippen molar-refractivity contribution in [2.24, 2.45) is 0 Å². The number of aromatic nitrogens is 3. The van der Waals surface area contributed by atoms with Crippen LogP contribution in [0.4, 0.5) is 16.4 Å². The normalized spacial score (nSPS) is 24.4. The molecule has 10 heteroatoms. The Morgan fingerprint density at radius 1 is 1.21 bits per heavy atom. The minimum absolute atomic E-state index is 0.322. The monoisotopic (exact) mass is 385 g/mol. The number of nitrogens with zero attached hydrogens (tertiary/aromatic N) is 3. The number of aliphatic hydroxyl groups is 1. The summed E-state index contributed by atoms with van der Waals surface area (Å²) >= 11 is 0. The summed E-state index contributed by atoms with van der Waals surface area (Å²) in [5.41, 5.74) is 1.75. The summed E-state index contributed by atoms with van der Waals surface area (Å²) in [7, 11) is 0. The molecule has 2 aliphatic heterocycles. The molecule has 1 aliphatic carbocycles. The molecule has 1 atom stereocenters. The molecule has 10 nitrogen and oxygen atoms in total. The molecule has 5 rings (SSSR count). The van der Waals surface area contributed by atoms with Crippen molar-refractivity contribution >= 4 is 29.4 Å². The van der Waals surface area contributed by atoms with E-state index in [4.69, 9.17) is 9.72 Å². The summed E-state index contributed by atoms with van der Waals surface area (Å²) in [4.78, 5) is 16.2. The lowest BCUT2D eigenvalue weighted by Crippen LogP contribution is -2.28. The van der Waals surface area contributed by atoms with E-state index in [0.29, 0.717) is 29.0 Å². The number of carbonyl (C=O) groups is 1. The lowest BCUT2D eigenvalue weighted by molar-refractivity contribution is 0.0904. The van der Waals surface area contributed by atoms with Gasteiger partial charge >= 0.3 is 6.03 Å². The van der Waals surface area contributed by atoms with Gasteiger partial charge in [0.15, 0.2) is 11.9 Å². The van der Waals surface area contributed by atoms with E-state index in [2.05, 4.69) is 26.4 Å². The van der Waals surface area contributed by atoms with Crippen LogP contribution in [0.2, 0.25) is 0 Å². The smallest absolute Gasteiger partial charge is 0.321 e. The van der Waals surface area contributed by atoms with Crippen molar-refractivity contribution in [3.05, 3.63) is 23.5 Å². The van der Waals surface area contributed by atoms with Crippen LogP contribution in [0.25, 0.3) is 11.7 Å². The summed E-state index contributed by atoms with van der Waals surface area (Å²) in [5, 5.41) is 26.4. The standard InChI is InChI=1S/C18H23N7O3/c26-17-13(22-18(27)24-17)7-10-9-19-25-15(21-11-1-2-11)8-14(23-16(10)25)20-12-3-5-28-6-4-12/h7-9,11-12,17,21,26H,1-6H2,(H,20,23)(H2,22,24,27)/b13-7-. The van der Waals surface area contributed by atoms with Gasteiger partial charge in [-0.1, -0.05) is 0 Å². The zero-order valence-electron chi connectivity index (χ0n) is 15.3. The molecule has 2 aromatic rings. The highest BCUT2D eigenvalue weighted by Crippen LogP contribution is 2.28. The number of hydrogen-bond donors (Lipinski definition) is 5. The van der Waals surface area contributed by atoms with Crippen LogP contribution >= 0.6 is 0 Å². The van der Waals surface area contributed by atoms with Crippen molar-refractivity contribution < 1.29 is 14.6 Å². The summed E-state index contributed by atoms with van der Waals surface area (Å²) in [6, 6.07) is 2.34. The molecule has 5 N–H and O–H groups in total. The maximum absolute atomic E-state index is 11.4. The Balaban J connectivity index is 1.51. The van der Waals surface area contributed by atoms with Gasteiger partial charge in [0, 0.05) is 36.9 Å². The first-order valence-electron chi connectivity index (χ1n) is 9.62. The van der Waals surface area contributed by atoms with E-state index in [1.807, 2.05) is 6.07 Å². The first kappa shape index (κ1) is 17.3. The fraction of sp³-hybridized carbons (Fsp3) is 0.500. The molecule has 0 aromatic carbocycles. The molecule has 3 fully saturated rings. The van der Waals surface area contributed by atoms with Crippen LogP contribution in [0.5, 0.6) is 0 Å². The number of ether oxygens (including phenoxy) is 1. The third-order valence-electron chi connectivity index (χ3n) is 5.13. The topological polar surface area (TPSA) is 125 Å². The number of aliphatic hydroxyl groups excluding tert-OH is 1. The number of hydrogen-bond acceptors (Lipinski definition) is 7. The van der Waals surface area contributed by atoms with Gasteiger partial charge in [-0.3, -0.25) is 0 Å². The van der Waals surface area contributed by atoms with Gasteiger partial charge in [0.1, 0.15) is 11.6 Å². The van der Waals surface area contributed by atoms with E-state index in [0.717, 1.165) is 50.5 Å². The van der Waals surface area contributed by atoms with Crippen molar-refractivity contribution in [2.75, 3.05) is 23.8 Å². The molecule has 1 unspecified atom stereocenters. The number of carbonyl (C=O) groups excluding carboxylic acids is 1. The van der Waals surface area contributed by atoms with Crippen LogP contribution in [0.3, 0.4) is 0 Å². The SMILES string of the molecule is O=C1N/C(=C\c2cnn3c(NC4CC4)cc(NC4CCOCC4)nc23)C(O)N1. The third kappa shape index (κ3) is 3.48. The van der Waals surface area contributed by atoms with Crippen molar-refractivity contribution in [2.45, 2.75) is 44.0 Å². The van der Waals surface area contributed by atoms with E-state index < -0.39 is 12.3 Å². The number of nitrogens with one attached hydrogen (secondary N) is 4. The Morgan fingerprint density at radius 2 is 2.00 bits per heavy atom. The average Bonchev–Trinajstić information content (AvgIpc) is 3.32. The van der Waals surface area contributed by atoms with Gasteiger partial charge < -0.3 is 31.1 Å².